The van der Waals surface area contributed by atoms with E-state index in [1.165, 1.54) is 12.1 Å². The van der Waals surface area contributed by atoms with Gasteiger partial charge in [-0.05, 0) is 53.9 Å². The Kier molecular flexibility index (Phi) is 4.08. The Bertz CT molecular complexity index is 967. The molecule has 4 rings (SSSR count). The van der Waals surface area contributed by atoms with E-state index in [4.69, 9.17) is 9.47 Å². The van der Waals surface area contributed by atoms with E-state index in [2.05, 4.69) is 15.9 Å². The molecular weight excluding hydrogens is 408 g/mol. The van der Waals surface area contributed by atoms with Crippen molar-refractivity contribution in [3.63, 3.8) is 0 Å². The van der Waals surface area contributed by atoms with Gasteiger partial charge in [-0.1, -0.05) is 15.9 Å². The summed E-state index contributed by atoms with van der Waals surface area (Å²) in [6.07, 6.45) is 0.919. The predicted octanol–water partition coefficient (Wildman–Crippen LogP) is 2.94. The molecular formula is C18H15BrO5S. The summed E-state index contributed by atoms with van der Waals surface area (Å²) in [6, 6.07) is 10.4. The van der Waals surface area contributed by atoms with Gasteiger partial charge in [0.05, 0.1) is 16.2 Å². The number of benzene rings is 2. The van der Waals surface area contributed by atoms with Crippen molar-refractivity contribution in [3.8, 4) is 5.75 Å². The van der Waals surface area contributed by atoms with Gasteiger partial charge in [-0.3, -0.25) is 0 Å². The first kappa shape index (κ1) is 16.6. The maximum absolute atomic E-state index is 12.3. The zero-order chi connectivity index (χ0) is 17.6. The van der Waals surface area contributed by atoms with Crippen LogP contribution in [0, 0.1) is 0 Å². The van der Waals surface area contributed by atoms with Crippen molar-refractivity contribution >= 4 is 31.7 Å². The Labute approximate surface area is 154 Å². The van der Waals surface area contributed by atoms with Gasteiger partial charge in [-0.2, -0.15) is 0 Å². The fourth-order valence-electron chi connectivity index (χ4n) is 3.19. The van der Waals surface area contributed by atoms with Crippen LogP contribution in [0.1, 0.15) is 21.5 Å². The van der Waals surface area contributed by atoms with Crippen LogP contribution in [0.3, 0.4) is 0 Å². The van der Waals surface area contributed by atoms with Gasteiger partial charge >= 0.3 is 5.97 Å². The molecule has 2 aliphatic heterocycles. The summed E-state index contributed by atoms with van der Waals surface area (Å²) in [5.41, 5.74) is 2.14. The molecule has 0 spiro atoms. The highest BCUT2D eigenvalue weighted by Gasteiger charge is 2.28. The maximum atomic E-state index is 12.3. The quantitative estimate of drug-likeness (QED) is 0.711. The van der Waals surface area contributed by atoms with E-state index in [0.717, 1.165) is 15.8 Å². The molecule has 2 aromatic rings. The zero-order valence-corrected chi connectivity index (χ0v) is 15.6. The van der Waals surface area contributed by atoms with E-state index in [1.807, 2.05) is 18.2 Å². The summed E-state index contributed by atoms with van der Waals surface area (Å²) >= 11 is 3.43. The Balaban J connectivity index is 1.41. The summed E-state index contributed by atoms with van der Waals surface area (Å²) in [4.78, 5) is 12.6. The van der Waals surface area contributed by atoms with E-state index in [-0.39, 0.29) is 18.5 Å². The number of fused-ring (bicyclic) bond motifs is 2. The number of rotatable bonds is 3. The van der Waals surface area contributed by atoms with E-state index in [0.29, 0.717) is 28.9 Å². The monoisotopic (exact) mass is 422 g/mol. The van der Waals surface area contributed by atoms with Gasteiger partial charge in [0.1, 0.15) is 18.5 Å². The molecule has 0 fully saturated rings. The second-order valence-corrected chi connectivity index (χ2v) is 9.18. The molecule has 130 valence electrons. The third-order valence-corrected chi connectivity index (χ3v) is 6.74. The van der Waals surface area contributed by atoms with Gasteiger partial charge in [0.15, 0.2) is 9.84 Å². The van der Waals surface area contributed by atoms with Crippen molar-refractivity contribution in [2.75, 3.05) is 12.4 Å². The molecule has 2 aliphatic rings. The first-order valence-electron chi connectivity index (χ1n) is 7.90. The van der Waals surface area contributed by atoms with Crippen molar-refractivity contribution < 1.29 is 22.7 Å². The molecule has 2 aromatic carbocycles. The first-order valence-corrected chi connectivity index (χ1v) is 10.3. The van der Waals surface area contributed by atoms with Crippen LogP contribution in [-0.2, 0) is 27.4 Å². The molecule has 2 heterocycles. The van der Waals surface area contributed by atoms with Crippen LogP contribution in [0.2, 0.25) is 0 Å². The predicted molar refractivity (Wildman–Crippen MR) is 94.7 cm³/mol. The summed E-state index contributed by atoms with van der Waals surface area (Å²) < 4.78 is 35.8. The van der Waals surface area contributed by atoms with Crippen molar-refractivity contribution in [2.24, 2.45) is 0 Å². The molecule has 0 aromatic heterocycles. The van der Waals surface area contributed by atoms with Crippen LogP contribution >= 0.6 is 15.9 Å². The van der Waals surface area contributed by atoms with Gasteiger partial charge in [0, 0.05) is 10.9 Å². The third kappa shape index (κ3) is 3.18. The van der Waals surface area contributed by atoms with E-state index in [9.17, 15) is 13.2 Å². The Morgan fingerprint density at radius 2 is 2.04 bits per heavy atom. The van der Waals surface area contributed by atoms with Crippen molar-refractivity contribution in [3.05, 3.63) is 57.6 Å². The number of carbonyl (C=O) groups is 1. The molecule has 0 amide bonds. The molecule has 25 heavy (non-hydrogen) atoms. The minimum atomic E-state index is -3.18. The number of esters is 1. The van der Waals surface area contributed by atoms with E-state index < -0.39 is 15.8 Å². The smallest absolute Gasteiger partial charge is 0.338 e. The number of hydrogen-bond acceptors (Lipinski definition) is 5. The minimum absolute atomic E-state index is 0.102. The highest BCUT2D eigenvalue weighted by molar-refractivity contribution is 9.10. The maximum Gasteiger partial charge on any atom is 0.338 e. The molecule has 0 aliphatic carbocycles. The summed E-state index contributed by atoms with van der Waals surface area (Å²) in [6.45, 7) is 0.153. The van der Waals surface area contributed by atoms with Crippen LogP contribution in [0.4, 0.5) is 0 Å². The van der Waals surface area contributed by atoms with Gasteiger partial charge in [0.25, 0.3) is 0 Å². The Hall–Kier alpha value is -1.86. The third-order valence-electron chi connectivity index (χ3n) is 4.44. The first-order chi connectivity index (χ1) is 11.9. The fourth-order valence-corrected chi connectivity index (χ4v) is 5.15. The number of ether oxygens (including phenoxy) is 2. The average molecular weight is 423 g/mol. The molecule has 0 N–H and O–H groups in total. The molecule has 0 bridgehead atoms. The molecule has 7 heteroatoms. The van der Waals surface area contributed by atoms with Gasteiger partial charge < -0.3 is 9.47 Å². The highest BCUT2D eigenvalue weighted by atomic mass is 79.9. The summed E-state index contributed by atoms with van der Waals surface area (Å²) in [7, 11) is -3.18. The standard InChI is InChI=1S/C18H15BrO5S/c19-14-2-3-16-13(8-14)9-15(24-16)10-23-18(20)12-1-4-17-11(7-12)5-6-25(17,21)22/h1-4,7-8,15H,5-6,9-10H2. The lowest BCUT2D eigenvalue weighted by molar-refractivity contribution is 0.0346. The number of sulfone groups is 1. The van der Waals surface area contributed by atoms with Crippen molar-refractivity contribution in [1.29, 1.82) is 0 Å². The van der Waals surface area contributed by atoms with E-state index >= 15 is 0 Å². The van der Waals surface area contributed by atoms with Crippen LogP contribution in [-0.4, -0.2) is 32.9 Å². The molecule has 1 atom stereocenters. The lowest BCUT2D eigenvalue weighted by Gasteiger charge is -2.11. The van der Waals surface area contributed by atoms with Crippen LogP contribution in [0.25, 0.3) is 0 Å². The summed E-state index contributed by atoms with van der Waals surface area (Å²) in [5.74, 6) is 0.449. The van der Waals surface area contributed by atoms with Gasteiger partial charge in [-0.15, -0.1) is 0 Å². The van der Waals surface area contributed by atoms with Gasteiger partial charge in [0.2, 0.25) is 0 Å². The highest BCUT2D eigenvalue weighted by Crippen LogP contribution is 2.31. The number of carbonyl (C=O) groups excluding carboxylic acids is 1. The minimum Gasteiger partial charge on any atom is -0.486 e. The molecule has 0 radical (unpaired) electrons. The second-order valence-electron chi connectivity index (χ2n) is 6.19. The molecule has 0 saturated carbocycles. The van der Waals surface area contributed by atoms with Crippen LogP contribution in [0.15, 0.2) is 45.8 Å². The van der Waals surface area contributed by atoms with Crippen molar-refractivity contribution in [2.45, 2.75) is 23.8 Å². The number of aryl methyl sites for hydroxylation is 1. The molecule has 0 saturated heterocycles. The number of halogens is 1. The van der Waals surface area contributed by atoms with Crippen LogP contribution < -0.4 is 4.74 Å². The van der Waals surface area contributed by atoms with Crippen LogP contribution in [0.5, 0.6) is 5.75 Å². The fraction of sp³-hybridized carbons (Fsp3) is 0.278. The average Bonchev–Trinajstić information content (AvgIpc) is 3.12. The lowest BCUT2D eigenvalue weighted by atomic mass is 10.1. The topological polar surface area (TPSA) is 69.7 Å². The largest absolute Gasteiger partial charge is 0.486 e. The summed E-state index contributed by atoms with van der Waals surface area (Å²) in [5, 5.41) is 0. The van der Waals surface area contributed by atoms with E-state index in [1.54, 1.807) is 6.07 Å². The Morgan fingerprint density at radius 3 is 2.88 bits per heavy atom. The normalized spacial score (nSPS) is 19.8. The second kappa shape index (κ2) is 6.14. The SMILES string of the molecule is O=C(OCC1Cc2cc(Br)ccc2O1)c1ccc2c(c1)CCS2(=O)=O. The number of hydrogen-bond donors (Lipinski definition) is 0. The lowest BCUT2D eigenvalue weighted by Crippen LogP contribution is -2.23. The zero-order valence-electron chi connectivity index (χ0n) is 13.2. The molecule has 5 nitrogen and oxygen atoms in total. The van der Waals surface area contributed by atoms with Gasteiger partial charge in [-0.25, -0.2) is 13.2 Å². The Morgan fingerprint density at radius 1 is 1.20 bits per heavy atom. The van der Waals surface area contributed by atoms with Crippen molar-refractivity contribution in [1.82, 2.24) is 0 Å². The molecule has 1 unspecified atom stereocenters.